The van der Waals surface area contributed by atoms with Gasteiger partial charge in [-0.3, -0.25) is 4.79 Å². The van der Waals surface area contributed by atoms with Gasteiger partial charge < -0.3 is 15.6 Å². The molecule has 0 heterocycles. The molecule has 0 saturated heterocycles. The molecule has 0 fully saturated rings. The Hall–Kier alpha value is -1.72. The standard InChI is InChI=1S/C13H17NO4/c1-2-18-13(9-14,12(16)17)11(15)8-10-6-4-3-5-7-10/h3-7H,2,8-9,14H2,1H3,(H,16,17). The molecule has 5 nitrogen and oxygen atoms in total. The van der Waals surface area contributed by atoms with E-state index in [9.17, 15) is 14.7 Å². The van der Waals surface area contributed by atoms with Crippen LogP contribution in [0.3, 0.4) is 0 Å². The maximum Gasteiger partial charge on any atom is 0.345 e. The van der Waals surface area contributed by atoms with Crippen LogP contribution < -0.4 is 5.73 Å². The Labute approximate surface area is 106 Å². The number of aliphatic carboxylic acids is 1. The molecule has 1 rings (SSSR count). The molecule has 1 unspecified atom stereocenters. The highest BCUT2D eigenvalue weighted by molar-refractivity contribution is 6.07. The summed E-state index contributed by atoms with van der Waals surface area (Å²) in [6.45, 7) is 1.37. The molecule has 0 radical (unpaired) electrons. The highest BCUT2D eigenvalue weighted by atomic mass is 16.5. The first-order chi connectivity index (χ1) is 8.56. The fraction of sp³-hybridized carbons (Fsp3) is 0.385. The van der Waals surface area contributed by atoms with Gasteiger partial charge in [-0.2, -0.15) is 0 Å². The van der Waals surface area contributed by atoms with Crippen molar-refractivity contribution in [2.75, 3.05) is 13.2 Å². The summed E-state index contributed by atoms with van der Waals surface area (Å²) in [5.74, 6) is -1.88. The molecule has 1 aromatic rings. The third-order valence-corrected chi connectivity index (χ3v) is 2.68. The number of carbonyl (C=O) groups excluding carboxylic acids is 1. The minimum absolute atomic E-state index is 0.00958. The first-order valence-electron chi connectivity index (χ1n) is 5.71. The van der Waals surface area contributed by atoms with Crippen LogP contribution in [0.1, 0.15) is 12.5 Å². The lowest BCUT2D eigenvalue weighted by Gasteiger charge is -2.26. The summed E-state index contributed by atoms with van der Waals surface area (Å²) < 4.78 is 5.10. The van der Waals surface area contributed by atoms with Crippen molar-refractivity contribution in [1.29, 1.82) is 0 Å². The second kappa shape index (κ2) is 6.28. The lowest BCUT2D eigenvalue weighted by molar-refractivity contribution is -0.170. The van der Waals surface area contributed by atoms with Crippen molar-refractivity contribution >= 4 is 11.8 Å². The van der Waals surface area contributed by atoms with Gasteiger partial charge in [0.1, 0.15) is 0 Å². The highest BCUT2D eigenvalue weighted by Gasteiger charge is 2.45. The van der Waals surface area contributed by atoms with Crippen LogP contribution in [-0.4, -0.2) is 35.6 Å². The average Bonchev–Trinajstić information content (AvgIpc) is 2.36. The maximum absolute atomic E-state index is 12.1. The second-order valence-electron chi connectivity index (χ2n) is 3.85. The zero-order chi connectivity index (χ0) is 13.6. The minimum atomic E-state index is -1.94. The molecule has 0 aliphatic carbocycles. The third-order valence-electron chi connectivity index (χ3n) is 2.68. The second-order valence-corrected chi connectivity index (χ2v) is 3.85. The SMILES string of the molecule is CCOC(CN)(C(=O)O)C(=O)Cc1ccccc1. The number of hydrogen-bond acceptors (Lipinski definition) is 4. The van der Waals surface area contributed by atoms with Crippen LogP contribution in [0.4, 0.5) is 0 Å². The number of ketones is 1. The van der Waals surface area contributed by atoms with Crippen LogP contribution in [0, 0.1) is 0 Å². The van der Waals surface area contributed by atoms with E-state index in [1.807, 2.05) is 6.07 Å². The fourth-order valence-corrected chi connectivity index (χ4v) is 1.69. The van der Waals surface area contributed by atoms with E-state index in [2.05, 4.69) is 0 Å². The van der Waals surface area contributed by atoms with Gasteiger partial charge in [-0.15, -0.1) is 0 Å². The lowest BCUT2D eigenvalue weighted by atomic mass is 9.93. The lowest BCUT2D eigenvalue weighted by Crippen LogP contribution is -2.55. The van der Waals surface area contributed by atoms with Crippen LogP contribution in [0.2, 0.25) is 0 Å². The Morgan fingerprint density at radius 1 is 1.33 bits per heavy atom. The molecule has 0 aromatic heterocycles. The van der Waals surface area contributed by atoms with E-state index >= 15 is 0 Å². The number of benzene rings is 1. The Balaban J connectivity index is 2.93. The van der Waals surface area contributed by atoms with E-state index in [1.165, 1.54) is 0 Å². The van der Waals surface area contributed by atoms with Crippen molar-refractivity contribution in [3.8, 4) is 0 Å². The van der Waals surface area contributed by atoms with Crippen LogP contribution in [0.15, 0.2) is 30.3 Å². The van der Waals surface area contributed by atoms with Crippen LogP contribution in [-0.2, 0) is 20.7 Å². The highest BCUT2D eigenvalue weighted by Crippen LogP contribution is 2.15. The molecule has 0 saturated carbocycles. The van der Waals surface area contributed by atoms with E-state index in [4.69, 9.17) is 10.5 Å². The first-order valence-corrected chi connectivity index (χ1v) is 5.71. The predicted octanol–water partition coefficient (Wildman–Crippen LogP) is 0.617. The molecule has 0 aliphatic heterocycles. The third kappa shape index (κ3) is 2.94. The number of Topliss-reactive ketones (excluding diaryl/α,β-unsaturated/α-hetero) is 1. The molecular weight excluding hydrogens is 234 g/mol. The predicted molar refractivity (Wildman–Crippen MR) is 66.2 cm³/mol. The fourth-order valence-electron chi connectivity index (χ4n) is 1.69. The van der Waals surface area contributed by atoms with E-state index in [0.717, 1.165) is 5.56 Å². The first kappa shape index (κ1) is 14.3. The van der Waals surface area contributed by atoms with Gasteiger partial charge in [0.15, 0.2) is 5.78 Å². The van der Waals surface area contributed by atoms with Gasteiger partial charge in [-0.05, 0) is 12.5 Å². The summed E-state index contributed by atoms with van der Waals surface area (Å²) >= 11 is 0. The summed E-state index contributed by atoms with van der Waals surface area (Å²) in [5, 5.41) is 9.18. The molecule has 0 spiro atoms. The van der Waals surface area contributed by atoms with Crippen molar-refractivity contribution in [2.24, 2.45) is 5.73 Å². The Morgan fingerprint density at radius 3 is 2.39 bits per heavy atom. The normalized spacial score (nSPS) is 13.9. The number of hydrogen-bond donors (Lipinski definition) is 2. The Morgan fingerprint density at radius 2 is 1.94 bits per heavy atom. The van der Waals surface area contributed by atoms with Crippen molar-refractivity contribution < 1.29 is 19.4 Å². The molecule has 0 amide bonds. The molecule has 1 atom stereocenters. The zero-order valence-electron chi connectivity index (χ0n) is 10.3. The summed E-state index contributed by atoms with van der Waals surface area (Å²) in [5.41, 5.74) is 4.22. The maximum atomic E-state index is 12.1. The number of carboxylic acids is 1. The van der Waals surface area contributed by atoms with E-state index < -0.39 is 17.4 Å². The summed E-state index contributed by atoms with van der Waals surface area (Å²) in [7, 11) is 0. The Kier molecular flexibility index (Phi) is 5.00. The van der Waals surface area contributed by atoms with Crippen LogP contribution in [0.5, 0.6) is 0 Å². The van der Waals surface area contributed by atoms with Gasteiger partial charge in [0.05, 0.1) is 0 Å². The number of carboxylic acid groups (broad SMARTS) is 1. The van der Waals surface area contributed by atoms with E-state index in [1.54, 1.807) is 31.2 Å². The van der Waals surface area contributed by atoms with Gasteiger partial charge in [0, 0.05) is 19.6 Å². The molecule has 18 heavy (non-hydrogen) atoms. The smallest absolute Gasteiger partial charge is 0.345 e. The van der Waals surface area contributed by atoms with Crippen molar-refractivity contribution in [3.05, 3.63) is 35.9 Å². The van der Waals surface area contributed by atoms with Gasteiger partial charge in [-0.25, -0.2) is 4.79 Å². The molecule has 5 heteroatoms. The summed E-state index contributed by atoms with van der Waals surface area (Å²) in [4.78, 5) is 23.4. The van der Waals surface area contributed by atoms with E-state index in [0.29, 0.717) is 0 Å². The van der Waals surface area contributed by atoms with Crippen LogP contribution >= 0.6 is 0 Å². The molecule has 1 aromatic carbocycles. The van der Waals surface area contributed by atoms with Crippen molar-refractivity contribution in [1.82, 2.24) is 0 Å². The van der Waals surface area contributed by atoms with Crippen LogP contribution in [0.25, 0.3) is 0 Å². The summed E-state index contributed by atoms with van der Waals surface area (Å²) in [6, 6.07) is 8.91. The topological polar surface area (TPSA) is 89.6 Å². The van der Waals surface area contributed by atoms with E-state index in [-0.39, 0.29) is 19.6 Å². The molecular formula is C13H17NO4. The van der Waals surface area contributed by atoms with Crippen molar-refractivity contribution in [2.45, 2.75) is 18.9 Å². The van der Waals surface area contributed by atoms with Gasteiger partial charge in [-0.1, -0.05) is 30.3 Å². The number of ether oxygens (including phenoxy) is 1. The average molecular weight is 251 g/mol. The Bertz CT molecular complexity index is 418. The largest absolute Gasteiger partial charge is 0.479 e. The van der Waals surface area contributed by atoms with Gasteiger partial charge in [0.25, 0.3) is 0 Å². The number of nitrogens with two attached hydrogens (primary N) is 1. The quantitative estimate of drug-likeness (QED) is 0.693. The number of carbonyl (C=O) groups is 2. The zero-order valence-corrected chi connectivity index (χ0v) is 10.3. The van der Waals surface area contributed by atoms with Gasteiger partial charge >= 0.3 is 5.97 Å². The van der Waals surface area contributed by atoms with Crippen molar-refractivity contribution in [3.63, 3.8) is 0 Å². The van der Waals surface area contributed by atoms with Gasteiger partial charge in [0.2, 0.25) is 5.60 Å². The minimum Gasteiger partial charge on any atom is -0.479 e. The monoisotopic (exact) mass is 251 g/mol. The molecule has 98 valence electrons. The molecule has 0 aliphatic rings. The summed E-state index contributed by atoms with van der Waals surface area (Å²) in [6.07, 6.45) is -0.00958. The molecule has 3 N–H and O–H groups in total. The molecule has 0 bridgehead atoms. The number of rotatable bonds is 7.